The van der Waals surface area contributed by atoms with Gasteiger partial charge in [0.05, 0.1) is 6.42 Å². The Labute approximate surface area is 120 Å². The number of oxime groups is 1. The number of amides is 1. The number of hydrogen-bond acceptors (Lipinski definition) is 3. The Balaban J connectivity index is 2.69. The largest absolute Gasteiger partial charge is 0.409 e. The predicted octanol–water partition coefficient (Wildman–Crippen LogP) is 1.69. The second-order valence-corrected chi connectivity index (χ2v) is 5.31. The molecule has 5 nitrogen and oxygen atoms in total. The van der Waals surface area contributed by atoms with E-state index in [1.165, 1.54) is 0 Å². The van der Waals surface area contributed by atoms with Crippen LogP contribution in [0.4, 0.5) is 0 Å². The summed E-state index contributed by atoms with van der Waals surface area (Å²) in [7, 11) is 1.73. The fraction of sp³-hybridized carbons (Fsp3) is 0.467. The smallest absolute Gasteiger partial charge is 0.226 e. The Bertz CT molecular complexity index is 512. The van der Waals surface area contributed by atoms with Crippen LogP contribution in [-0.2, 0) is 11.2 Å². The van der Waals surface area contributed by atoms with Gasteiger partial charge in [0.15, 0.2) is 0 Å². The maximum atomic E-state index is 12.2. The van der Waals surface area contributed by atoms with Gasteiger partial charge in [0.1, 0.15) is 5.84 Å². The second kappa shape index (κ2) is 6.93. The number of nitrogens with two attached hydrogens (primary N) is 1. The molecule has 0 aliphatic carbocycles. The lowest BCUT2D eigenvalue weighted by Crippen LogP contribution is -2.37. The van der Waals surface area contributed by atoms with E-state index in [9.17, 15) is 4.79 Å². The molecular weight excluding hydrogens is 254 g/mol. The molecule has 1 amide bonds. The number of amidine groups is 1. The minimum Gasteiger partial charge on any atom is -0.409 e. The van der Waals surface area contributed by atoms with Gasteiger partial charge in [-0.25, -0.2) is 0 Å². The minimum atomic E-state index is -0.174. The van der Waals surface area contributed by atoms with Crippen LogP contribution in [0, 0.1) is 19.8 Å². The van der Waals surface area contributed by atoms with Crippen molar-refractivity contribution in [2.24, 2.45) is 16.8 Å². The Hall–Kier alpha value is -2.04. The van der Waals surface area contributed by atoms with Gasteiger partial charge >= 0.3 is 0 Å². The lowest BCUT2D eigenvalue weighted by Gasteiger charge is -2.21. The van der Waals surface area contributed by atoms with Crippen molar-refractivity contribution in [3.05, 3.63) is 34.9 Å². The summed E-state index contributed by atoms with van der Waals surface area (Å²) in [6, 6.07) is 6.10. The maximum Gasteiger partial charge on any atom is 0.226 e. The third-order valence-corrected chi connectivity index (χ3v) is 3.44. The molecule has 0 radical (unpaired) electrons. The highest BCUT2D eigenvalue weighted by molar-refractivity contribution is 5.83. The van der Waals surface area contributed by atoms with Crippen molar-refractivity contribution in [3.8, 4) is 0 Å². The number of rotatable bonds is 5. The van der Waals surface area contributed by atoms with Gasteiger partial charge in [-0.15, -0.1) is 0 Å². The van der Waals surface area contributed by atoms with E-state index in [4.69, 9.17) is 10.9 Å². The molecule has 1 aromatic carbocycles. The van der Waals surface area contributed by atoms with Crippen LogP contribution in [0.5, 0.6) is 0 Å². The van der Waals surface area contributed by atoms with Crippen molar-refractivity contribution in [1.29, 1.82) is 0 Å². The summed E-state index contributed by atoms with van der Waals surface area (Å²) >= 11 is 0. The zero-order valence-electron chi connectivity index (χ0n) is 12.6. The molecule has 3 N–H and O–H groups in total. The molecule has 20 heavy (non-hydrogen) atoms. The number of benzene rings is 1. The van der Waals surface area contributed by atoms with Gasteiger partial charge in [-0.3, -0.25) is 4.79 Å². The van der Waals surface area contributed by atoms with Crippen LogP contribution in [0.15, 0.2) is 23.4 Å². The Kier molecular flexibility index (Phi) is 5.55. The molecule has 0 saturated heterocycles. The number of hydrogen-bond donors (Lipinski definition) is 2. The molecule has 0 aliphatic rings. The van der Waals surface area contributed by atoms with Crippen molar-refractivity contribution in [2.75, 3.05) is 13.6 Å². The highest BCUT2D eigenvalue weighted by atomic mass is 16.4. The molecule has 1 atom stereocenters. The van der Waals surface area contributed by atoms with Crippen LogP contribution in [0.1, 0.15) is 23.6 Å². The third-order valence-electron chi connectivity index (χ3n) is 3.44. The molecule has 0 saturated carbocycles. The van der Waals surface area contributed by atoms with E-state index in [1.807, 2.05) is 39.0 Å². The average molecular weight is 277 g/mol. The average Bonchev–Trinajstić information content (AvgIpc) is 2.41. The van der Waals surface area contributed by atoms with Gasteiger partial charge in [-0.05, 0) is 25.0 Å². The van der Waals surface area contributed by atoms with Crippen molar-refractivity contribution in [2.45, 2.75) is 27.2 Å². The highest BCUT2D eigenvalue weighted by Gasteiger charge is 2.16. The van der Waals surface area contributed by atoms with Crippen molar-refractivity contribution < 1.29 is 10.0 Å². The maximum absolute atomic E-state index is 12.2. The SMILES string of the molecule is Cc1ccc(C)c(CC(=O)N(C)CC(C)C(N)=NO)c1. The minimum absolute atomic E-state index is 0.0243. The predicted molar refractivity (Wildman–Crippen MR) is 79.8 cm³/mol. The topological polar surface area (TPSA) is 78.9 Å². The first-order chi connectivity index (χ1) is 9.35. The molecule has 1 rings (SSSR count). The Morgan fingerprint density at radius 1 is 1.45 bits per heavy atom. The number of carbonyl (C=O) groups excluding carboxylic acids is 1. The lowest BCUT2D eigenvalue weighted by molar-refractivity contribution is -0.129. The van der Waals surface area contributed by atoms with Crippen molar-refractivity contribution >= 4 is 11.7 Å². The zero-order chi connectivity index (χ0) is 15.3. The number of carbonyl (C=O) groups is 1. The van der Waals surface area contributed by atoms with Crippen LogP contribution in [0.3, 0.4) is 0 Å². The van der Waals surface area contributed by atoms with E-state index in [0.29, 0.717) is 13.0 Å². The summed E-state index contributed by atoms with van der Waals surface area (Å²) in [4.78, 5) is 13.8. The quantitative estimate of drug-likeness (QED) is 0.372. The first-order valence-corrected chi connectivity index (χ1v) is 6.62. The Morgan fingerprint density at radius 3 is 2.70 bits per heavy atom. The van der Waals surface area contributed by atoms with Gasteiger partial charge in [0.25, 0.3) is 0 Å². The lowest BCUT2D eigenvalue weighted by atomic mass is 10.0. The van der Waals surface area contributed by atoms with E-state index in [0.717, 1.165) is 16.7 Å². The molecule has 0 spiro atoms. The summed E-state index contributed by atoms with van der Waals surface area (Å²) in [5.41, 5.74) is 8.82. The molecule has 5 heteroatoms. The molecule has 1 unspecified atom stereocenters. The standard InChI is InChI=1S/C15H23N3O2/c1-10-5-6-11(2)13(7-10)8-14(19)18(4)9-12(3)15(16)17-20/h5-7,12,20H,8-9H2,1-4H3,(H2,16,17). The molecular formula is C15H23N3O2. The van der Waals surface area contributed by atoms with Gasteiger partial charge in [0.2, 0.25) is 5.91 Å². The van der Waals surface area contributed by atoms with E-state index < -0.39 is 0 Å². The molecule has 110 valence electrons. The van der Waals surface area contributed by atoms with Crippen LogP contribution < -0.4 is 5.73 Å². The summed E-state index contributed by atoms with van der Waals surface area (Å²) in [6.45, 7) is 6.26. The third kappa shape index (κ3) is 4.26. The fourth-order valence-electron chi connectivity index (χ4n) is 1.99. The van der Waals surface area contributed by atoms with Gasteiger partial charge < -0.3 is 15.8 Å². The van der Waals surface area contributed by atoms with Crippen LogP contribution >= 0.6 is 0 Å². The normalized spacial score (nSPS) is 13.1. The van der Waals surface area contributed by atoms with E-state index in [2.05, 4.69) is 5.16 Å². The summed E-state index contributed by atoms with van der Waals surface area (Å²) in [5, 5.41) is 11.6. The van der Waals surface area contributed by atoms with Crippen molar-refractivity contribution in [3.63, 3.8) is 0 Å². The molecule has 0 bridgehead atoms. The second-order valence-electron chi connectivity index (χ2n) is 5.31. The first kappa shape index (κ1) is 16.0. The van der Waals surface area contributed by atoms with Gasteiger partial charge in [-0.2, -0.15) is 0 Å². The molecule has 0 fully saturated rings. The van der Waals surface area contributed by atoms with Crippen LogP contribution in [0.2, 0.25) is 0 Å². The summed E-state index contributed by atoms with van der Waals surface area (Å²) in [6.07, 6.45) is 0.368. The Morgan fingerprint density at radius 2 is 2.10 bits per heavy atom. The van der Waals surface area contributed by atoms with Crippen molar-refractivity contribution in [1.82, 2.24) is 4.90 Å². The first-order valence-electron chi connectivity index (χ1n) is 6.62. The number of likely N-dealkylation sites (N-methyl/N-ethyl adjacent to an activating group) is 1. The summed E-state index contributed by atoms with van der Waals surface area (Å²) in [5.74, 6) is -0.0137. The zero-order valence-corrected chi connectivity index (χ0v) is 12.6. The molecule has 1 aromatic rings. The van der Waals surface area contributed by atoms with E-state index in [1.54, 1.807) is 11.9 Å². The fourth-order valence-corrected chi connectivity index (χ4v) is 1.99. The van der Waals surface area contributed by atoms with Crippen LogP contribution in [0.25, 0.3) is 0 Å². The summed E-state index contributed by atoms with van der Waals surface area (Å²) < 4.78 is 0. The van der Waals surface area contributed by atoms with E-state index in [-0.39, 0.29) is 17.7 Å². The van der Waals surface area contributed by atoms with Gasteiger partial charge in [0, 0.05) is 19.5 Å². The number of aryl methyl sites for hydroxylation is 2. The molecule has 0 aromatic heterocycles. The highest BCUT2D eigenvalue weighted by Crippen LogP contribution is 2.12. The van der Waals surface area contributed by atoms with Gasteiger partial charge in [-0.1, -0.05) is 35.8 Å². The van der Waals surface area contributed by atoms with Crippen LogP contribution in [-0.4, -0.2) is 35.4 Å². The molecule has 0 heterocycles. The number of nitrogens with zero attached hydrogens (tertiary/aromatic N) is 2. The monoisotopic (exact) mass is 277 g/mol. The molecule has 0 aliphatic heterocycles. The van der Waals surface area contributed by atoms with E-state index >= 15 is 0 Å².